The molecule has 132 valence electrons. The highest BCUT2D eigenvalue weighted by molar-refractivity contribution is 7.84. The molecule has 0 aromatic heterocycles. The highest BCUT2D eigenvalue weighted by Crippen LogP contribution is 2.30. The van der Waals surface area contributed by atoms with Crippen molar-refractivity contribution >= 4 is 51.6 Å². The third-order valence-electron chi connectivity index (χ3n) is 3.28. The molecule has 0 saturated carbocycles. The number of anilines is 1. The van der Waals surface area contributed by atoms with Crippen molar-refractivity contribution in [1.29, 1.82) is 0 Å². The molecule has 0 bridgehead atoms. The minimum Gasteiger partial charge on any atom is -0.449 e. The quantitative estimate of drug-likeness (QED) is 0.773. The normalized spacial score (nSPS) is 13.0. The van der Waals surface area contributed by atoms with E-state index in [1.165, 1.54) is 19.2 Å². The largest absolute Gasteiger partial charge is 0.449 e. The molecule has 0 fully saturated rings. The van der Waals surface area contributed by atoms with E-state index in [1.54, 1.807) is 36.4 Å². The van der Waals surface area contributed by atoms with E-state index in [0.29, 0.717) is 4.90 Å². The van der Waals surface area contributed by atoms with Crippen LogP contribution in [0.5, 0.6) is 0 Å². The molecule has 2 rings (SSSR count). The molecular weight excluding hydrogens is 385 g/mol. The van der Waals surface area contributed by atoms with Crippen molar-refractivity contribution in [2.75, 3.05) is 11.6 Å². The Hall–Kier alpha value is -1.89. The van der Waals surface area contributed by atoms with Crippen LogP contribution < -0.4 is 5.32 Å². The maximum atomic E-state index is 12.3. The monoisotopic (exact) mass is 399 g/mol. The van der Waals surface area contributed by atoms with E-state index in [2.05, 4.69) is 5.32 Å². The van der Waals surface area contributed by atoms with Gasteiger partial charge in [0, 0.05) is 6.26 Å². The maximum Gasteiger partial charge on any atom is 0.340 e. The molecular formula is C17H15Cl2NO4S. The van der Waals surface area contributed by atoms with Gasteiger partial charge in [-0.25, -0.2) is 4.79 Å². The summed E-state index contributed by atoms with van der Waals surface area (Å²) < 4.78 is 16.9. The molecule has 5 nitrogen and oxygen atoms in total. The van der Waals surface area contributed by atoms with Gasteiger partial charge in [-0.15, -0.1) is 0 Å². The predicted molar refractivity (Wildman–Crippen MR) is 98.7 cm³/mol. The second kappa shape index (κ2) is 8.47. The van der Waals surface area contributed by atoms with Crippen LogP contribution in [0.15, 0.2) is 47.4 Å². The molecule has 0 unspecified atom stereocenters. The molecule has 8 heteroatoms. The molecule has 2 aromatic carbocycles. The van der Waals surface area contributed by atoms with Gasteiger partial charge in [0.25, 0.3) is 5.91 Å². The Balaban J connectivity index is 2.11. The fourth-order valence-corrected chi connectivity index (χ4v) is 3.23. The van der Waals surface area contributed by atoms with Crippen molar-refractivity contribution < 1.29 is 18.5 Å². The molecule has 0 radical (unpaired) electrons. The van der Waals surface area contributed by atoms with E-state index in [0.717, 1.165) is 0 Å². The van der Waals surface area contributed by atoms with Crippen molar-refractivity contribution in [3.63, 3.8) is 0 Å². The molecule has 0 aliphatic rings. The fraction of sp³-hybridized carbons (Fsp3) is 0.176. The third kappa shape index (κ3) is 4.81. The summed E-state index contributed by atoms with van der Waals surface area (Å²) in [5.74, 6) is -1.32. The van der Waals surface area contributed by atoms with Crippen molar-refractivity contribution in [3.05, 3.63) is 58.1 Å². The number of carbonyl (C=O) groups is 2. The number of rotatable bonds is 5. The summed E-state index contributed by atoms with van der Waals surface area (Å²) in [5.41, 5.74) is 0.396. The van der Waals surface area contributed by atoms with Crippen LogP contribution in [0.3, 0.4) is 0 Å². The first-order chi connectivity index (χ1) is 11.8. The summed E-state index contributed by atoms with van der Waals surface area (Å²) in [5, 5.41) is 3.07. The molecule has 0 aliphatic carbocycles. The van der Waals surface area contributed by atoms with E-state index < -0.39 is 28.8 Å². The molecule has 1 amide bonds. The van der Waals surface area contributed by atoms with Gasteiger partial charge >= 0.3 is 5.97 Å². The molecule has 1 N–H and O–H groups in total. The zero-order valence-electron chi connectivity index (χ0n) is 13.4. The minimum absolute atomic E-state index is 0.152. The van der Waals surface area contributed by atoms with Crippen LogP contribution >= 0.6 is 23.2 Å². The van der Waals surface area contributed by atoms with Crippen LogP contribution in [0.4, 0.5) is 5.69 Å². The van der Waals surface area contributed by atoms with E-state index in [9.17, 15) is 13.8 Å². The Kier molecular flexibility index (Phi) is 6.58. The molecule has 0 aliphatic heterocycles. The number of esters is 1. The number of nitrogens with one attached hydrogen (secondary N) is 1. The first-order valence-electron chi connectivity index (χ1n) is 7.19. The Bertz CT molecular complexity index is 821. The van der Waals surface area contributed by atoms with Crippen LogP contribution in [-0.4, -0.2) is 28.4 Å². The molecule has 25 heavy (non-hydrogen) atoms. The topological polar surface area (TPSA) is 72.5 Å². The van der Waals surface area contributed by atoms with E-state index in [1.807, 2.05) is 0 Å². The Morgan fingerprint density at radius 3 is 2.28 bits per heavy atom. The number of ether oxygens (including phenoxy) is 1. The second-order valence-electron chi connectivity index (χ2n) is 5.08. The third-order valence-corrected chi connectivity index (χ3v) is 4.89. The minimum atomic E-state index is -1.36. The van der Waals surface area contributed by atoms with E-state index in [4.69, 9.17) is 27.9 Å². The van der Waals surface area contributed by atoms with Gasteiger partial charge in [-0.3, -0.25) is 9.00 Å². The van der Waals surface area contributed by atoms with Crippen LogP contribution in [0.2, 0.25) is 10.0 Å². The van der Waals surface area contributed by atoms with Crippen LogP contribution in [0, 0.1) is 0 Å². The summed E-state index contributed by atoms with van der Waals surface area (Å²) >= 11 is 12.0. The fourth-order valence-electron chi connectivity index (χ4n) is 2.01. The van der Waals surface area contributed by atoms with Gasteiger partial charge in [0.2, 0.25) is 0 Å². The number of halogens is 2. The standard InChI is InChI=1S/C17H15Cl2NO4S/c1-10(16(21)20-15-12(18)7-5-8-13(15)19)24-17(22)11-6-3-4-9-14(11)25(2)23/h3-10H,1-2H3,(H,20,21)/t10-,25-/m0/s1. The lowest BCUT2D eigenvalue weighted by atomic mass is 10.2. The number of amides is 1. The summed E-state index contributed by atoms with van der Waals surface area (Å²) in [6.07, 6.45) is 0.361. The van der Waals surface area contributed by atoms with Gasteiger partial charge in [-0.05, 0) is 31.2 Å². The lowest BCUT2D eigenvalue weighted by molar-refractivity contribution is -0.123. The highest BCUT2D eigenvalue weighted by Gasteiger charge is 2.22. The Morgan fingerprint density at radius 1 is 1.08 bits per heavy atom. The van der Waals surface area contributed by atoms with Crippen LogP contribution in [0.25, 0.3) is 0 Å². The van der Waals surface area contributed by atoms with Gasteiger partial charge in [0.05, 0.1) is 37.0 Å². The van der Waals surface area contributed by atoms with Crippen LogP contribution in [0.1, 0.15) is 17.3 Å². The predicted octanol–water partition coefficient (Wildman–Crippen LogP) is 3.91. The van der Waals surface area contributed by atoms with E-state index >= 15 is 0 Å². The summed E-state index contributed by atoms with van der Waals surface area (Å²) in [4.78, 5) is 24.9. The Labute approximate surface area is 157 Å². The number of carbonyl (C=O) groups excluding carboxylic acids is 2. The van der Waals surface area contributed by atoms with E-state index in [-0.39, 0.29) is 21.3 Å². The first kappa shape index (κ1) is 19.4. The van der Waals surface area contributed by atoms with Gasteiger partial charge < -0.3 is 10.1 Å². The summed E-state index contributed by atoms with van der Waals surface area (Å²) in [6.45, 7) is 1.42. The number of hydrogen-bond acceptors (Lipinski definition) is 4. The lowest BCUT2D eigenvalue weighted by Crippen LogP contribution is -2.30. The van der Waals surface area contributed by atoms with Crippen molar-refractivity contribution in [2.45, 2.75) is 17.9 Å². The molecule has 0 spiro atoms. The van der Waals surface area contributed by atoms with Crippen molar-refractivity contribution in [1.82, 2.24) is 0 Å². The van der Waals surface area contributed by atoms with Crippen molar-refractivity contribution in [2.24, 2.45) is 0 Å². The van der Waals surface area contributed by atoms with Gasteiger partial charge in [0.15, 0.2) is 6.10 Å². The zero-order chi connectivity index (χ0) is 18.6. The SMILES string of the molecule is C[C@H](OC(=O)c1ccccc1[S@](C)=O)C(=O)Nc1c(Cl)cccc1Cl. The average molecular weight is 400 g/mol. The molecule has 2 aromatic rings. The molecule has 0 saturated heterocycles. The van der Waals surface area contributed by atoms with Gasteiger partial charge in [-0.1, -0.05) is 41.4 Å². The van der Waals surface area contributed by atoms with Gasteiger partial charge in [-0.2, -0.15) is 0 Å². The summed E-state index contributed by atoms with van der Waals surface area (Å²) in [7, 11) is -1.36. The Morgan fingerprint density at radius 2 is 1.68 bits per heavy atom. The van der Waals surface area contributed by atoms with Crippen LogP contribution in [-0.2, 0) is 20.3 Å². The summed E-state index contributed by atoms with van der Waals surface area (Å²) in [6, 6.07) is 11.2. The zero-order valence-corrected chi connectivity index (χ0v) is 15.7. The second-order valence-corrected chi connectivity index (χ2v) is 7.25. The van der Waals surface area contributed by atoms with Gasteiger partial charge in [0.1, 0.15) is 0 Å². The van der Waals surface area contributed by atoms with Crippen molar-refractivity contribution in [3.8, 4) is 0 Å². The maximum absolute atomic E-state index is 12.3. The lowest BCUT2D eigenvalue weighted by Gasteiger charge is -2.15. The highest BCUT2D eigenvalue weighted by atomic mass is 35.5. The number of hydrogen-bond donors (Lipinski definition) is 1. The number of benzene rings is 2. The molecule has 2 atom stereocenters. The average Bonchev–Trinajstić information content (AvgIpc) is 2.57. The molecule has 0 heterocycles. The number of para-hydroxylation sites is 1. The first-order valence-corrected chi connectivity index (χ1v) is 9.51. The smallest absolute Gasteiger partial charge is 0.340 e.